The normalized spacial score (nSPS) is 18.4. The molecule has 0 saturated carbocycles. The van der Waals surface area contributed by atoms with Crippen LogP contribution in [0.5, 0.6) is 5.88 Å². The Balaban J connectivity index is 1.63. The molecule has 8 nitrogen and oxygen atoms in total. The molecule has 0 aliphatic carbocycles. The maximum absolute atomic E-state index is 5.92. The minimum absolute atomic E-state index is 0.0376. The summed E-state index contributed by atoms with van der Waals surface area (Å²) in [7, 11) is 1.88. The maximum Gasteiger partial charge on any atom is 0.240 e. The van der Waals surface area contributed by atoms with Gasteiger partial charge in [0.05, 0.1) is 30.9 Å². The minimum Gasteiger partial charge on any atom is -0.473 e. The van der Waals surface area contributed by atoms with E-state index in [0.29, 0.717) is 19.1 Å². The molecule has 3 aromatic rings. The fourth-order valence-corrected chi connectivity index (χ4v) is 2.60. The van der Waals surface area contributed by atoms with Crippen molar-refractivity contribution in [2.45, 2.75) is 6.10 Å². The highest BCUT2D eigenvalue weighted by Crippen LogP contribution is 2.23. The fourth-order valence-electron chi connectivity index (χ4n) is 2.60. The zero-order valence-corrected chi connectivity index (χ0v) is 12.8. The van der Waals surface area contributed by atoms with Crippen LogP contribution in [0.2, 0.25) is 0 Å². The molecule has 3 aromatic heterocycles. The van der Waals surface area contributed by atoms with Crippen LogP contribution in [0.1, 0.15) is 0 Å². The van der Waals surface area contributed by atoms with Gasteiger partial charge in [0.1, 0.15) is 18.2 Å². The van der Waals surface area contributed by atoms with E-state index in [-0.39, 0.29) is 6.10 Å². The number of morpholine rings is 1. The van der Waals surface area contributed by atoms with Gasteiger partial charge in [-0.05, 0) is 6.07 Å². The Morgan fingerprint density at radius 2 is 2.35 bits per heavy atom. The van der Waals surface area contributed by atoms with E-state index in [1.807, 2.05) is 25.5 Å². The molecule has 0 spiro atoms. The molecule has 1 unspecified atom stereocenters. The van der Waals surface area contributed by atoms with Crippen molar-refractivity contribution in [1.29, 1.82) is 0 Å². The molecular weight excluding hydrogens is 296 g/mol. The second-order valence-electron chi connectivity index (χ2n) is 5.50. The van der Waals surface area contributed by atoms with Crippen molar-refractivity contribution in [3.8, 4) is 17.1 Å². The van der Waals surface area contributed by atoms with E-state index in [1.165, 1.54) is 0 Å². The molecule has 4 rings (SSSR count). The van der Waals surface area contributed by atoms with Crippen LogP contribution >= 0.6 is 0 Å². The molecular formula is C15H18N6O2. The van der Waals surface area contributed by atoms with Crippen molar-refractivity contribution in [1.82, 2.24) is 29.7 Å². The number of hydrogen-bond acceptors (Lipinski definition) is 6. The lowest BCUT2D eigenvalue weighted by Crippen LogP contribution is -2.41. The summed E-state index contributed by atoms with van der Waals surface area (Å²) in [5.74, 6) is 0.554. The Morgan fingerprint density at radius 3 is 3.13 bits per heavy atom. The van der Waals surface area contributed by atoms with Crippen LogP contribution in [0.4, 0.5) is 0 Å². The number of fused-ring (bicyclic) bond motifs is 1. The molecule has 1 aliphatic rings. The van der Waals surface area contributed by atoms with Crippen molar-refractivity contribution in [3.63, 3.8) is 0 Å². The Kier molecular flexibility index (Phi) is 3.68. The number of nitrogens with zero attached hydrogens (tertiary/aromatic N) is 5. The molecule has 120 valence electrons. The van der Waals surface area contributed by atoms with Crippen molar-refractivity contribution in [3.05, 3.63) is 30.9 Å². The van der Waals surface area contributed by atoms with Crippen molar-refractivity contribution < 1.29 is 9.47 Å². The first-order chi connectivity index (χ1) is 11.3. The van der Waals surface area contributed by atoms with Crippen LogP contribution in [0.25, 0.3) is 16.8 Å². The van der Waals surface area contributed by atoms with E-state index in [1.54, 1.807) is 21.6 Å². The molecule has 8 heteroatoms. The van der Waals surface area contributed by atoms with E-state index < -0.39 is 0 Å². The molecule has 1 N–H and O–H groups in total. The van der Waals surface area contributed by atoms with Crippen LogP contribution in [-0.4, -0.2) is 56.8 Å². The van der Waals surface area contributed by atoms with Crippen LogP contribution in [0.3, 0.4) is 0 Å². The predicted molar refractivity (Wildman–Crippen MR) is 83.3 cm³/mol. The van der Waals surface area contributed by atoms with E-state index in [2.05, 4.69) is 20.5 Å². The molecule has 1 atom stereocenters. The number of aromatic nitrogens is 5. The second kappa shape index (κ2) is 5.98. The van der Waals surface area contributed by atoms with Gasteiger partial charge in [0.15, 0.2) is 0 Å². The summed E-state index contributed by atoms with van der Waals surface area (Å²) >= 11 is 0. The molecule has 1 saturated heterocycles. The first-order valence-corrected chi connectivity index (χ1v) is 7.58. The zero-order chi connectivity index (χ0) is 15.6. The van der Waals surface area contributed by atoms with Gasteiger partial charge in [-0.3, -0.25) is 4.68 Å². The van der Waals surface area contributed by atoms with Crippen molar-refractivity contribution in [2.75, 3.05) is 26.3 Å². The monoisotopic (exact) mass is 314 g/mol. The summed E-state index contributed by atoms with van der Waals surface area (Å²) in [5, 5.41) is 11.8. The maximum atomic E-state index is 5.92. The number of nitrogens with one attached hydrogen (secondary N) is 1. The summed E-state index contributed by atoms with van der Waals surface area (Å²) in [6, 6.07) is 1.88. The van der Waals surface area contributed by atoms with Crippen molar-refractivity contribution in [2.24, 2.45) is 7.05 Å². The van der Waals surface area contributed by atoms with Crippen molar-refractivity contribution >= 4 is 5.52 Å². The SMILES string of the molecule is Cn1cc(-c2cn3nccc3c(OCC3CNCCO3)n2)cn1. The summed E-state index contributed by atoms with van der Waals surface area (Å²) in [6.07, 6.45) is 7.33. The number of rotatable bonds is 4. The van der Waals surface area contributed by atoms with Gasteiger partial charge >= 0.3 is 0 Å². The minimum atomic E-state index is 0.0376. The molecule has 0 radical (unpaired) electrons. The van der Waals surface area contributed by atoms with Gasteiger partial charge in [-0.2, -0.15) is 10.2 Å². The smallest absolute Gasteiger partial charge is 0.240 e. The first kappa shape index (κ1) is 14.2. The van der Waals surface area contributed by atoms with E-state index in [0.717, 1.165) is 29.9 Å². The Morgan fingerprint density at radius 1 is 1.39 bits per heavy atom. The molecule has 0 amide bonds. The molecule has 23 heavy (non-hydrogen) atoms. The van der Waals surface area contributed by atoms with E-state index in [9.17, 15) is 0 Å². The quantitative estimate of drug-likeness (QED) is 0.755. The Labute approximate surface area is 133 Å². The van der Waals surface area contributed by atoms with Gasteiger partial charge in [-0.15, -0.1) is 0 Å². The summed E-state index contributed by atoms with van der Waals surface area (Å²) < 4.78 is 15.1. The van der Waals surface area contributed by atoms with Crippen LogP contribution < -0.4 is 10.1 Å². The number of ether oxygens (including phenoxy) is 2. The van der Waals surface area contributed by atoms with E-state index in [4.69, 9.17) is 9.47 Å². The highest BCUT2D eigenvalue weighted by Gasteiger charge is 2.16. The standard InChI is InChI=1S/C15H18N6O2/c1-20-8-11(6-18-20)13-9-21-14(2-3-17-21)15(19-13)23-10-12-7-16-4-5-22-12/h2-3,6,8-9,12,16H,4-5,7,10H2,1H3. The summed E-state index contributed by atoms with van der Waals surface area (Å²) in [5.41, 5.74) is 2.53. The Bertz CT molecular complexity index is 805. The van der Waals surface area contributed by atoms with Crippen LogP contribution in [0.15, 0.2) is 30.9 Å². The average molecular weight is 314 g/mol. The zero-order valence-electron chi connectivity index (χ0n) is 12.8. The third-order valence-electron chi connectivity index (χ3n) is 3.77. The first-order valence-electron chi connectivity index (χ1n) is 7.58. The second-order valence-corrected chi connectivity index (χ2v) is 5.50. The fraction of sp³-hybridized carbons (Fsp3) is 0.400. The van der Waals surface area contributed by atoms with Gasteiger partial charge in [0.2, 0.25) is 5.88 Å². The van der Waals surface area contributed by atoms with E-state index >= 15 is 0 Å². The lowest BCUT2D eigenvalue weighted by molar-refractivity contribution is -0.000454. The summed E-state index contributed by atoms with van der Waals surface area (Å²) in [6.45, 7) is 2.84. The highest BCUT2D eigenvalue weighted by molar-refractivity contribution is 5.63. The molecule has 0 aromatic carbocycles. The lowest BCUT2D eigenvalue weighted by atomic mass is 10.2. The Hall–Kier alpha value is -2.45. The lowest BCUT2D eigenvalue weighted by Gasteiger charge is -2.23. The van der Waals surface area contributed by atoms with Crippen LogP contribution in [0, 0.1) is 0 Å². The number of hydrogen-bond donors (Lipinski definition) is 1. The third kappa shape index (κ3) is 2.90. The van der Waals surface area contributed by atoms with Gasteiger partial charge in [-0.1, -0.05) is 0 Å². The summed E-state index contributed by atoms with van der Waals surface area (Å²) in [4.78, 5) is 4.63. The van der Waals surface area contributed by atoms with Gasteiger partial charge in [0.25, 0.3) is 0 Å². The average Bonchev–Trinajstić information content (AvgIpc) is 3.22. The van der Waals surface area contributed by atoms with Gasteiger partial charge in [-0.25, -0.2) is 9.50 Å². The molecule has 1 fully saturated rings. The third-order valence-corrected chi connectivity index (χ3v) is 3.77. The number of aryl methyl sites for hydroxylation is 1. The topological polar surface area (TPSA) is 78.5 Å². The van der Waals surface area contributed by atoms with Gasteiger partial charge in [0, 0.05) is 31.9 Å². The molecule has 4 heterocycles. The van der Waals surface area contributed by atoms with Crippen LogP contribution in [-0.2, 0) is 11.8 Å². The van der Waals surface area contributed by atoms with Gasteiger partial charge < -0.3 is 14.8 Å². The predicted octanol–water partition coefficient (Wildman–Crippen LogP) is 0.497. The largest absolute Gasteiger partial charge is 0.473 e. The molecule has 1 aliphatic heterocycles. The highest BCUT2D eigenvalue weighted by atomic mass is 16.5. The molecule has 0 bridgehead atoms.